The van der Waals surface area contributed by atoms with Crippen molar-refractivity contribution in [1.29, 1.82) is 0 Å². The first-order valence-electron chi connectivity index (χ1n) is 14.5. The molecule has 8 nitrogen and oxygen atoms in total. The van der Waals surface area contributed by atoms with E-state index in [2.05, 4.69) is 34.1 Å². The summed E-state index contributed by atoms with van der Waals surface area (Å²) in [6, 6.07) is 12.1. The molecule has 0 bridgehead atoms. The fourth-order valence-corrected chi connectivity index (χ4v) is 5.62. The highest BCUT2D eigenvalue weighted by Crippen LogP contribution is 2.36. The van der Waals surface area contributed by atoms with Gasteiger partial charge in [0.15, 0.2) is 11.6 Å². The number of hydrogen-bond acceptors (Lipinski definition) is 6. The van der Waals surface area contributed by atoms with E-state index in [4.69, 9.17) is 4.74 Å². The number of rotatable bonds is 10. The fourth-order valence-electron chi connectivity index (χ4n) is 5.62. The highest BCUT2D eigenvalue weighted by molar-refractivity contribution is 6.08. The van der Waals surface area contributed by atoms with Gasteiger partial charge in [-0.3, -0.25) is 9.48 Å². The Hall–Kier alpha value is -3.43. The molecule has 2 aliphatic heterocycles. The minimum Gasteiger partial charge on any atom is -0.490 e. The van der Waals surface area contributed by atoms with Gasteiger partial charge in [0.2, 0.25) is 0 Å². The van der Waals surface area contributed by atoms with Gasteiger partial charge < -0.3 is 24.8 Å². The molecule has 0 atom stereocenters. The number of fused-ring (bicyclic) bond motifs is 2. The lowest BCUT2D eigenvalue weighted by Crippen LogP contribution is -2.48. The van der Waals surface area contributed by atoms with Crippen molar-refractivity contribution < 1.29 is 13.9 Å². The average Bonchev–Trinajstić information content (AvgIpc) is 3.22. The van der Waals surface area contributed by atoms with Gasteiger partial charge in [-0.05, 0) is 42.7 Å². The van der Waals surface area contributed by atoms with Gasteiger partial charge in [-0.2, -0.15) is 5.10 Å². The van der Waals surface area contributed by atoms with Crippen LogP contribution in [0, 0.1) is 11.7 Å². The highest BCUT2D eigenvalue weighted by atomic mass is 19.1. The number of anilines is 3. The van der Waals surface area contributed by atoms with Crippen LogP contribution in [-0.4, -0.2) is 71.4 Å². The van der Waals surface area contributed by atoms with Crippen LogP contribution >= 0.6 is 0 Å². The average molecular weight is 549 g/mol. The van der Waals surface area contributed by atoms with Gasteiger partial charge >= 0.3 is 0 Å². The monoisotopic (exact) mass is 548 g/mol. The van der Waals surface area contributed by atoms with E-state index in [1.807, 2.05) is 31.3 Å². The Labute approximate surface area is 236 Å². The van der Waals surface area contributed by atoms with Crippen molar-refractivity contribution in [3.05, 3.63) is 65.6 Å². The van der Waals surface area contributed by atoms with Crippen LogP contribution < -0.4 is 15.0 Å². The zero-order valence-corrected chi connectivity index (χ0v) is 23.9. The van der Waals surface area contributed by atoms with Crippen LogP contribution in [0.3, 0.4) is 0 Å². The normalized spacial score (nSPS) is 15.9. The second-order valence-corrected chi connectivity index (χ2v) is 10.8. The standard InChI is InChI=1S/C31H41FN6O2/c1-4-23(5-2)21-37-16-14-36(15-17-37)13-8-18-40-29-12-11-24(19-26(29)32)31(39)38-22-25-20-33-35(3)30(25)34-27-9-6-7-10-28(27)38/h6-7,9-12,19-20,23,34H,4-5,8,13-18,21-22H2,1-3H3. The number of piperazine rings is 1. The molecule has 2 aromatic carbocycles. The van der Waals surface area contributed by atoms with Crippen molar-refractivity contribution in [2.75, 3.05) is 56.1 Å². The predicted molar refractivity (Wildman–Crippen MR) is 157 cm³/mol. The van der Waals surface area contributed by atoms with Crippen LogP contribution in [0.1, 0.15) is 49.0 Å². The Morgan fingerprint density at radius 1 is 1.07 bits per heavy atom. The first-order valence-corrected chi connectivity index (χ1v) is 14.5. The highest BCUT2D eigenvalue weighted by Gasteiger charge is 2.27. The number of amides is 1. The van der Waals surface area contributed by atoms with Crippen molar-refractivity contribution in [2.24, 2.45) is 13.0 Å². The van der Waals surface area contributed by atoms with E-state index in [-0.39, 0.29) is 17.2 Å². The summed E-state index contributed by atoms with van der Waals surface area (Å²) in [6.45, 7) is 11.8. The maximum atomic E-state index is 15.0. The van der Waals surface area contributed by atoms with Gasteiger partial charge in [0.1, 0.15) is 5.82 Å². The smallest absolute Gasteiger partial charge is 0.258 e. The molecule has 0 aliphatic carbocycles. The summed E-state index contributed by atoms with van der Waals surface area (Å²) in [5.74, 6) is 1.01. The second kappa shape index (κ2) is 12.8. The molecule has 2 aliphatic rings. The van der Waals surface area contributed by atoms with Crippen LogP contribution in [0.5, 0.6) is 5.75 Å². The summed E-state index contributed by atoms with van der Waals surface area (Å²) in [7, 11) is 1.86. The van der Waals surface area contributed by atoms with E-state index in [0.717, 1.165) is 67.8 Å². The number of para-hydroxylation sites is 2. The lowest BCUT2D eigenvalue weighted by Gasteiger charge is -2.36. The molecule has 1 amide bonds. The van der Waals surface area contributed by atoms with Gasteiger partial charge in [-0.25, -0.2) is 4.39 Å². The molecule has 0 unspecified atom stereocenters. The number of carbonyl (C=O) groups excluding carboxylic acids is 1. The molecular formula is C31H41FN6O2. The molecule has 3 aromatic rings. The number of halogens is 1. The molecular weight excluding hydrogens is 507 g/mol. The lowest BCUT2D eigenvalue weighted by molar-refractivity contribution is 0.0985. The van der Waals surface area contributed by atoms with Crippen LogP contribution in [0.4, 0.5) is 21.6 Å². The van der Waals surface area contributed by atoms with E-state index in [9.17, 15) is 4.79 Å². The van der Waals surface area contributed by atoms with Crippen molar-refractivity contribution in [3.63, 3.8) is 0 Å². The number of nitrogens with zero attached hydrogens (tertiary/aromatic N) is 5. The molecule has 1 fully saturated rings. The summed E-state index contributed by atoms with van der Waals surface area (Å²) >= 11 is 0. The third-order valence-corrected chi connectivity index (χ3v) is 8.23. The van der Waals surface area contributed by atoms with Gasteiger partial charge in [-0.15, -0.1) is 0 Å². The SMILES string of the molecule is CCC(CC)CN1CCN(CCCOc2ccc(C(=O)N3Cc4cnn(C)c4Nc4ccccc43)cc2F)CC1. The fraction of sp³-hybridized carbons (Fsp3) is 0.484. The number of carbonyl (C=O) groups is 1. The Bertz CT molecular complexity index is 1300. The van der Waals surface area contributed by atoms with Gasteiger partial charge in [0, 0.05) is 57.4 Å². The van der Waals surface area contributed by atoms with Crippen LogP contribution in [0.15, 0.2) is 48.7 Å². The van der Waals surface area contributed by atoms with Crippen molar-refractivity contribution in [1.82, 2.24) is 19.6 Å². The Morgan fingerprint density at radius 3 is 2.58 bits per heavy atom. The van der Waals surface area contributed by atoms with Crippen LogP contribution in [0.25, 0.3) is 0 Å². The van der Waals surface area contributed by atoms with Crippen molar-refractivity contribution in [3.8, 4) is 5.75 Å². The third kappa shape index (κ3) is 6.31. The van der Waals surface area contributed by atoms with Gasteiger partial charge in [-0.1, -0.05) is 38.8 Å². The number of nitrogens with one attached hydrogen (secondary N) is 1. The number of hydrogen-bond donors (Lipinski definition) is 1. The zero-order chi connectivity index (χ0) is 28.1. The first kappa shape index (κ1) is 28.1. The Balaban J connectivity index is 1.15. The zero-order valence-electron chi connectivity index (χ0n) is 23.9. The topological polar surface area (TPSA) is 65.9 Å². The largest absolute Gasteiger partial charge is 0.490 e. The molecule has 0 spiro atoms. The minimum absolute atomic E-state index is 0.180. The Morgan fingerprint density at radius 2 is 1.82 bits per heavy atom. The van der Waals surface area contributed by atoms with E-state index in [1.54, 1.807) is 27.9 Å². The molecule has 9 heteroatoms. The minimum atomic E-state index is -0.524. The molecule has 1 N–H and O–H groups in total. The van der Waals surface area contributed by atoms with E-state index in [1.165, 1.54) is 25.5 Å². The predicted octanol–water partition coefficient (Wildman–Crippen LogP) is 5.29. The van der Waals surface area contributed by atoms with Crippen molar-refractivity contribution in [2.45, 2.75) is 39.7 Å². The number of aryl methyl sites for hydroxylation is 1. The summed E-state index contributed by atoms with van der Waals surface area (Å²) < 4.78 is 22.6. The third-order valence-electron chi connectivity index (χ3n) is 8.23. The quantitative estimate of drug-likeness (QED) is 0.348. The number of aromatic nitrogens is 2. The Kier molecular flexibility index (Phi) is 9.01. The number of benzene rings is 2. The van der Waals surface area contributed by atoms with Gasteiger partial charge in [0.05, 0.1) is 30.7 Å². The van der Waals surface area contributed by atoms with E-state index >= 15 is 4.39 Å². The molecule has 0 radical (unpaired) electrons. The summed E-state index contributed by atoms with van der Waals surface area (Å²) in [5.41, 5.74) is 2.70. The molecule has 0 saturated carbocycles. The molecule has 5 rings (SSSR count). The molecule has 3 heterocycles. The number of ether oxygens (including phenoxy) is 1. The summed E-state index contributed by atoms with van der Waals surface area (Å²) in [4.78, 5) is 20.3. The van der Waals surface area contributed by atoms with E-state index in [0.29, 0.717) is 13.2 Å². The molecule has 40 heavy (non-hydrogen) atoms. The second-order valence-electron chi connectivity index (χ2n) is 10.8. The summed E-state index contributed by atoms with van der Waals surface area (Å²) in [6.07, 6.45) is 5.07. The lowest BCUT2D eigenvalue weighted by atomic mass is 10.0. The maximum absolute atomic E-state index is 15.0. The molecule has 214 valence electrons. The summed E-state index contributed by atoms with van der Waals surface area (Å²) in [5, 5.41) is 7.71. The van der Waals surface area contributed by atoms with Gasteiger partial charge in [0.25, 0.3) is 5.91 Å². The molecule has 1 saturated heterocycles. The molecule has 1 aromatic heterocycles. The first-order chi connectivity index (χ1) is 19.5. The van der Waals surface area contributed by atoms with E-state index < -0.39 is 5.82 Å². The maximum Gasteiger partial charge on any atom is 0.258 e. The van der Waals surface area contributed by atoms with Crippen LogP contribution in [0.2, 0.25) is 0 Å². The van der Waals surface area contributed by atoms with Crippen LogP contribution in [-0.2, 0) is 13.6 Å². The van der Waals surface area contributed by atoms with Crippen molar-refractivity contribution >= 4 is 23.1 Å².